The van der Waals surface area contributed by atoms with Crippen LogP contribution in [-0.4, -0.2) is 23.7 Å². The summed E-state index contributed by atoms with van der Waals surface area (Å²) in [5, 5.41) is -0.583. The minimum absolute atomic E-state index is 0.0519. The first kappa shape index (κ1) is 13.2. The summed E-state index contributed by atoms with van der Waals surface area (Å²) in [4.78, 5) is 22.1. The minimum atomic E-state index is -0.583. The van der Waals surface area contributed by atoms with Crippen molar-refractivity contribution >= 4 is 23.4 Å². The molecule has 0 aliphatic rings. The molecule has 0 aromatic heterocycles. The molecule has 0 saturated carbocycles. The Hall–Kier alpha value is -0.830. The third-order valence-electron chi connectivity index (χ3n) is 1.53. The lowest BCUT2D eigenvalue weighted by Crippen LogP contribution is -2.18. The summed E-state index contributed by atoms with van der Waals surface area (Å²) in [6, 6.07) is 0. The molecule has 0 heterocycles. The van der Waals surface area contributed by atoms with Crippen LogP contribution < -0.4 is 0 Å². The van der Waals surface area contributed by atoms with Crippen LogP contribution in [0.5, 0.6) is 0 Å². The van der Waals surface area contributed by atoms with E-state index in [-0.39, 0.29) is 11.7 Å². The van der Waals surface area contributed by atoms with Crippen molar-refractivity contribution in [1.82, 2.24) is 0 Å². The van der Waals surface area contributed by atoms with E-state index in [4.69, 9.17) is 11.6 Å². The summed E-state index contributed by atoms with van der Waals surface area (Å²) in [5.41, 5.74) is 0. The molecule has 0 bridgehead atoms. The Labute approximate surface area is 89.1 Å². The topological polar surface area (TPSA) is 43.4 Å². The molecule has 1 atom stereocenters. The molecule has 0 aliphatic heterocycles. The molecular formula is C10H15ClO3. The lowest BCUT2D eigenvalue weighted by atomic mass is 10.1. The Kier molecular flexibility index (Phi) is 6.21. The summed E-state index contributed by atoms with van der Waals surface area (Å²) in [6.45, 7) is 5.68. The first-order valence-electron chi connectivity index (χ1n) is 4.51. The highest BCUT2D eigenvalue weighted by molar-refractivity contribution is 6.33. The van der Waals surface area contributed by atoms with E-state index in [1.54, 1.807) is 6.92 Å². The molecular weight excluding hydrogens is 204 g/mol. The summed E-state index contributed by atoms with van der Waals surface area (Å²) >= 11 is 5.77. The van der Waals surface area contributed by atoms with Gasteiger partial charge in [-0.05, 0) is 18.9 Å². The van der Waals surface area contributed by atoms with Crippen LogP contribution in [0.4, 0.5) is 0 Å². The third kappa shape index (κ3) is 5.02. The van der Waals surface area contributed by atoms with E-state index in [0.717, 1.165) is 12.2 Å². The second-order valence-electron chi connectivity index (χ2n) is 3.13. The SMILES string of the molecule is CCOC(=O)/C=C/C(=O)C(Cl)C(C)C. The van der Waals surface area contributed by atoms with Gasteiger partial charge in [-0.25, -0.2) is 4.79 Å². The van der Waals surface area contributed by atoms with Gasteiger partial charge in [0.05, 0.1) is 12.0 Å². The van der Waals surface area contributed by atoms with E-state index >= 15 is 0 Å². The summed E-state index contributed by atoms with van der Waals surface area (Å²) < 4.78 is 4.61. The Balaban J connectivity index is 4.11. The zero-order chi connectivity index (χ0) is 11.1. The second-order valence-corrected chi connectivity index (χ2v) is 3.60. The van der Waals surface area contributed by atoms with E-state index in [2.05, 4.69) is 4.74 Å². The molecule has 0 amide bonds. The second kappa shape index (κ2) is 6.60. The Bertz CT molecular complexity index is 234. The number of allylic oxidation sites excluding steroid dienone is 1. The smallest absolute Gasteiger partial charge is 0.330 e. The van der Waals surface area contributed by atoms with Crippen molar-refractivity contribution < 1.29 is 14.3 Å². The van der Waals surface area contributed by atoms with Crippen LogP contribution >= 0.6 is 11.6 Å². The molecule has 0 N–H and O–H groups in total. The molecule has 80 valence electrons. The molecule has 0 saturated heterocycles. The van der Waals surface area contributed by atoms with Gasteiger partial charge in [-0.3, -0.25) is 4.79 Å². The zero-order valence-corrected chi connectivity index (χ0v) is 9.38. The normalized spacial score (nSPS) is 13.2. The van der Waals surface area contributed by atoms with Gasteiger partial charge in [-0.15, -0.1) is 11.6 Å². The van der Waals surface area contributed by atoms with Crippen LogP contribution in [0.1, 0.15) is 20.8 Å². The standard InChI is InChI=1S/C10H15ClO3/c1-4-14-9(13)6-5-8(12)10(11)7(2)3/h5-7,10H,4H2,1-3H3/b6-5+. The van der Waals surface area contributed by atoms with E-state index in [0.29, 0.717) is 6.61 Å². The van der Waals surface area contributed by atoms with Crippen LogP contribution in [0.15, 0.2) is 12.2 Å². The van der Waals surface area contributed by atoms with Gasteiger partial charge in [0.2, 0.25) is 0 Å². The monoisotopic (exact) mass is 218 g/mol. The number of hydrogen-bond donors (Lipinski definition) is 0. The molecule has 0 rings (SSSR count). The maximum atomic E-state index is 11.3. The fourth-order valence-corrected chi connectivity index (χ4v) is 0.834. The number of alkyl halides is 1. The number of carbonyl (C=O) groups is 2. The fraction of sp³-hybridized carbons (Fsp3) is 0.600. The highest BCUT2D eigenvalue weighted by Crippen LogP contribution is 2.10. The van der Waals surface area contributed by atoms with Gasteiger partial charge in [-0.2, -0.15) is 0 Å². The highest BCUT2D eigenvalue weighted by Gasteiger charge is 2.16. The number of carbonyl (C=O) groups excluding carboxylic acids is 2. The van der Waals surface area contributed by atoms with Crippen LogP contribution in [-0.2, 0) is 14.3 Å². The first-order chi connectivity index (χ1) is 6.49. The van der Waals surface area contributed by atoms with Gasteiger partial charge in [0, 0.05) is 6.08 Å². The minimum Gasteiger partial charge on any atom is -0.463 e. The lowest BCUT2D eigenvalue weighted by Gasteiger charge is -2.08. The van der Waals surface area contributed by atoms with Crippen molar-refractivity contribution in [3.8, 4) is 0 Å². The first-order valence-corrected chi connectivity index (χ1v) is 4.95. The molecule has 0 radical (unpaired) electrons. The molecule has 0 aromatic carbocycles. The van der Waals surface area contributed by atoms with Crippen LogP contribution in [0.25, 0.3) is 0 Å². The van der Waals surface area contributed by atoms with Gasteiger partial charge in [0.25, 0.3) is 0 Å². The number of rotatable bonds is 5. The van der Waals surface area contributed by atoms with Crippen molar-refractivity contribution in [3.05, 3.63) is 12.2 Å². The predicted molar refractivity (Wildman–Crippen MR) is 55.3 cm³/mol. The Morgan fingerprint density at radius 1 is 1.36 bits per heavy atom. The molecule has 0 aromatic rings. The van der Waals surface area contributed by atoms with Crippen molar-refractivity contribution in [2.45, 2.75) is 26.1 Å². The summed E-state index contributed by atoms with van der Waals surface area (Å²) in [5.74, 6) is -0.737. The van der Waals surface area contributed by atoms with Crippen molar-refractivity contribution in [2.75, 3.05) is 6.61 Å². The van der Waals surface area contributed by atoms with Gasteiger partial charge in [0.15, 0.2) is 5.78 Å². The fourth-order valence-electron chi connectivity index (χ4n) is 0.761. The largest absolute Gasteiger partial charge is 0.463 e. The van der Waals surface area contributed by atoms with Crippen LogP contribution in [0.2, 0.25) is 0 Å². The Morgan fingerprint density at radius 3 is 2.36 bits per heavy atom. The van der Waals surface area contributed by atoms with Gasteiger partial charge >= 0.3 is 5.97 Å². The average molecular weight is 219 g/mol. The maximum Gasteiger partial charge on any atom is 0.330 e. The van der Waals surface area contributed by atoms with Gasteiger partial charge < -0.3 is 4.74 Å². The molecule has 0 fully saturated rings. The van der Waals surface area contributed by atoms with E-state index in [1.165, 1.54) is 0 Å². The lowest BCUT2D eigenvalue weighted by molar-refractivity contribution is -0.137. The van der Waals surface area contributed by atoms with Gasteiger partial charge in [0.1, 0.15) is 0 Å². The molecule has 0 aliphatic carbocycles. The summed E-state index contributed by atoms with van der Waals surface area (Å²) in [6.07, 6.45) is 2.26. The third-order valence-corrected chi connectivity index (χ3v) is 2.25. The predicted octanol–water partition coefficient (Wildman–Crippen LogP) is 1.94. The maximum absolute atomic E-state index is 11.3. The van der Waals surface area contributed by atoms with Gasteiger partial charge in [-0.1, -0.05) is 13.8 Å². The van der Waals surface area contributed by atoms with Crippen molar-refractivity contribution in [3.63, 3.8) is 0 Å². The number of hydrogen-bond acceptors (Lipinski definition) is 3. The van der Waals surface area contributed by atoms with Crippen molar-refractivity contribution in [2.24, 2.45) is 5.92 Å². The van der Waals surface area contributed by atoms with Crippen LogP contribution in [0.3, 0.4) is 0 Å². The molecule has 0 spiro atoms. The van der Waals surface area contributed by atoms with E-state index in [9.17, 15) is 9.59 Å². The van der Waals surface area contributed by atoms with Crippen molar-refractivity contribution in [1.29, 1.82) is 0 Å². The molecule has 4 heteroatoms. The Morgan fingerprint density at radius 2 is 1.93 bits per heavy atom. The van der Waals surface area contributed by atoms with E-state index in [1.807, 2.05) is 13.8 Å². The molecule has 3 nitrogen and oxygen atoms in total. The summed E-state index contributed by atoms with van der Waals surface area (Å²) in [7, 11) is 0. The number of ether oxygens (including phenoxy) is 1. The van der Waals surface area contributed by atoms with E-state index < -0.39 is 11.3 Å². The number of esters is 1. The zero-order valence-electron chi connectivity index (χ0n) is 8.62. The number of halogens is 1. The highest BCUT2D eigenvalue weighted by atomic mass is 35.5. The molecule has 1 unspecified atom stereocenters. The van der Waals surface area contributed by atoms with Crippen LogP contribution in [0, 0.1) is 5.92 Å². The quantitative estimate of drug-likeness (QED) is 0.402. The average Bonchev–Trinajstić information content (AvgIpc) is 2.13. The number of ketones is 1. The molecule has 14 heavy (non-hydrogen) atoms.